The van der Waals surface area contributed by atoms with Crippen molar-refractivity contribution in [1.29, 1.82) is 0 Å². The van der Waals surface area contributed by atoms with E-state index in [0.717, 1.165) is 42.9 Å². The molecule has 0 aromatic carbocycles. The van der Waals surface area contributed by atoms with Crippen LogP contribution in [0.1, 0.15) is 32.3 Å². The lowest BCUT2D eigenvalue weighted by molar-refractivity contribution is 0.572. The highest BCUT2D eigenvalue weighted by molar-refractivity contribution is 7.84. The van der Waals surface area contributed by atoms with E-state index in [4.69, 9.17) is 5.73 Å². The lowest BCUT2D eigenvalue weighted by atomic mass is 10.1. The molecule has 1 aromatic rings. The van der Waals surface area contributed by atoms with E-state index < -0.39 is 10.8 Å². The van der Waals surface area contributed by atoms with Gasteiger partial charge in [-0.3, -0.25) is 9.19 Å². The fourth-order valence-corrected chi connectivity index (χ4v) is 3.30. The Balaban J connectivity index is 0.000000861. The zero-order valence-corrected chi connectivity index (χ0v) is 13.2. The van der Waals surface area contributed by atoms with Gasteiger partial charge in [-0.2, -0.15) is 0 Å². The molecule has 4 nitrogen and oxygen atoms in total. The van der Waals surface area contributed by atoms with Gasteiger partial charge in [-0.05, 0) is 25.3 Å². The molecular weight excluding hydrogens is 258 g/mol. The third-order valence-corrected chi connectivity index (χ3v) is 4.77. The van der Waals surface area contributed by atoms with Gasteiger partial charge < -0.3 is 10.6 Å². The molecule has 1 unspecified atom stereocenters. The van der Waals surface area contributed by atoms with Crippen LogP contribution in [0.2, 0.25) is 0 Å². The van der Waals surface area contributed by atoms with Gasteiger partial charge in [0.1, 0.15) is 0 Å². The van der Waals surface area contributed by atoms with Crippen molar-refractivity contribution in [2.45, 2.75) is 38.9 Å². The van der Waals surface area contributed by atoms with Crippen molar-refractivity contribution >= 4 is 22.2 Å². The van der Waals surface area contributed by atoms with Crippen LogP contribution >= 0.6 is 0 Å². The molecule has 0 bridgehead atoms. The number of hydrogen-bond donors (Lipinski definition) is 1. The molecule has 1 aliphatic heterocycles. The predicted octanol–water partition coefficient (Wildman–Crippen LogP) is 2.35. The normalized spacial score (nSPS) is 17.6. The Morgan fingerprint density at radius 1 is 1.32 bits per heavy atom. The zero-order valence-electron chi connectivity index (χ0n) is 12.3. The fourth-order valence-electron chi connectivity index (χ4n) is 2.42. The van der Waals surface area contributed by atoms with Gasteiger partial charge in [-0.1, -0.05) is 13.8 Å². The summed E-state index contributed by atoms with van der Waals surface area (Å²) in [6.07, 6.45) is 7.29. The Bertz CT molecular complexity index is 408. The number of aryl methyl sites for hydroxylation is 1. The Morgan fingerprint density at radius 3 is 2.37 bits per heavy atom. The Hall–Kier alpha value is -1.10. The average Bonchev–Trinajstić information content (AvgIpc) is 2.41. The molecule has 5 heteroatoms. The third-order valence-electron chi connectivity index (χ3n) is 3.36. The van der Waals surface area contributed by atoms with Crippen LogP contribution in [0.5, 0.6) is 0 Å². The topological polar surface area (TPSA) is 59.2 Å². The van der Waals surface area contributed by atoms with E-state index in [1.54, 1.807) is 12.5 Å². The number of pyridine rings is 1. The van der Waals surface area contributed by atoms with Crippen molar-refractivity contribution in [2.24, 2.45) is 0 Å². The summed E-state index contributed by atoms with van der Waals surface area (Å²) in [6.45, 7) is 7.89. The predicted molar refractivity (Wildman–Crippen MR) is 84.0 cm³/mol. The average molecular weight is 283 g/mol. The summed E-state index contributed by atoms with van der Waals surface area (Å²) in [5.74, 6) is 0. The Labute approximate surface area is 118 Å². The highest BCUT2D eigenvalue weighted by atomic mass is 32.2. The molecule has 1 atom stereocenters. The summed E-state index contributed by atoms with van der Waals surface area (Å²) in [7, 11) is -0.704. The van der Waals surface area contributed by atoms with Crippen molar-refractivity contribution in [2.75, 3.05) is 30.0 Å². The van der Waals surface area contributed by atoms with Crippen LogP contribution in [0, 0.1) is 6.92 Å². The molecule has 2 N–H and O–H groups in total. The second kappa shape index (κ2) is 7.48. The van der Waals surface area contributed by atoms with E-state index >= 15 is 0 Å². The van der Waals surface area contributed by atoms with Gasteiger partial charge in [0, 0.05) is 41.6 Å². The number of piperidine rings is 1. The number of anilines is 2. The lowest BCUT2D eigenvalue weighted by Gasteiger charge is -2.34. The van der Waals surface area contributed by atoms with Crippen LogP contribution in [0.4, 0.5) is 11.4 Å². The highest BCUT2D eigenvalue weighted by Gasteiger charge is 2.23. The van der Waals surface area contributed by atoms with E-state index in [0.29, 0.717) is 5.25 Å². The van der Waals surface area contributed by atoms with Gasteiger partial charge >= 0.3 is 0 Å². The van der Waals surface area contributed by atoms with E-state index in [9.17, 15) is 4.21 Å². The SMILES string of the molecule is CC.Cc1cncc(N)c1N1CCC(S(C)=O)CC1. The first-order valence-electron chi connectivity index (χ1n) is 6.87. The Morgan fingerprint density at radius 2 is 1.89 bits per heavy atom. The Kier molecular flexibility index (Phi) is 6.28. The van der Waals surface area contributed by atoms with E-state index in [2.05, 4.69) is 9.88 Å². The lowest BCUT2D eigenvalue weighted by Crippen LogP contribution is -2.38. The molecule has 2 rings (SSSR count). The monoisotopic (exact) mass is 283 g/mol. The van der Waals surface area contributed by atoms with Gasteiger partial charge in [0.25, 0.3) is 0 Å². The first-order valence-corrected chi connectivity index (χ1v) is 8.49. The van der Waals surface area contributed by atoms with Crippen molar-refractivity contribution in [3.05, 3.63) is 18.0 Å². The summed E-state index contributed by atoms with van der Waals surface area (Å²) in [4.78, 5) is 6.37. The molecule has 19 heavy (non-hydrogen) atoms. The van der Waals surface area contributed by atoms with E-state index in [1.165, 1.54) is 0 Å². The minimum Gasteiger partial charge on any atom is -0.396 e. The minimum absolute atomic E-state index is 0.342. The highest BCUT2D eigenvalue weighted by Crippen LogP contribution is 2.29. The van der Waals surface area contributed by atoms with E-state index in [1.807, 2.05) is 27.0 Å². The molecule has 1 aromatic heterocycles. The van der Waals surface area contributed by atoms with Gasteiger partial charge in [0.15, 0.2) is 0 Å². The molecule has 0 saturated carbocycles. The third kappa shape index (κ3) is 3.93. The molecular formula is C14H25N3OS. The summed E-state index contributed by atoms with van der Waals surface area (Å²) >= 11 is 0. The van der Waals surface area contributed by atoms with Crippen LogP contribution < -0.4 is 10.6 Å². The maximum absolute atomic E-state index is 11.4. The van der Waals surface area contributed by atoms with Crippen LogP contribution in [0.3, 0.4) is 0 Å². The van der Waals surface area contributed by atoms with Crippen molar-refractivity contribution in [1.82, 2.24) is 4.98 Å². The first kappa shape index (κ1) is 16.0. The van der Waals surface area contributed by atoms with Crippen LogP contribution in [0.15, 0.2) is 12.4 Å². The second-order valence-corrected chi connectivity index (χ2v) is 6.24. The van der Waals surface area contributed by atoms with Crippen molar-refractivity contribution in [3.8, 4) is 0 Å². The zero-order chi connectivity index (χ0) is 14.4. The molecule has 2 heterocycles. The number of nitrogens with zero attached hydrogens (tertiary/aromatic N) is 2. The number of nitrogen functional groups attached to an aromatic ring is 1. The summed E-state index contributed by atoms with van der Waals surface area (Å²) in [5, 5.41) is 0.342. The van der Waals surface area contributed by atoms with Gasteiger partial charge in [0.2, 0.25) is 0 Å². The molecule has 1 aliphatic rings. The molecule has 1 saturated heterocycles. The summed E-state index contributed by atoms with van der Waals surface area (Å²) in [5.41, 5.74) is 8.93. The van der Waals surface area contributed by atoms with E-state index in [-0.39, 0.29) is 0 Å². The van der Waals surface area contributed by atoms with Crippen molar-refractivity contribution < 1.29 is 4.21 Å². The summed E-state index contributed by atoms with van der Waals surface area (Å²) in [6, 6.07) is 0. The smallest absolute Gasteiger partial charge is 0.0741 e. The fraction of sp³-hybridized carbons (Fsp3) is 0.643. The number of rotatable bonds is 2. The van der Waals surface area contributed by atoms with Crippen LogP contribution in [0.25, 0.3) is 0 Å². The molecule has 0 amide bonds. The van der Waals surface area contributed by atoms with Crippen molar-refractivity contribution in [3.63, 3.8) is 0 Å². The molecule has 108 valence electrons. The van der Waals surface area contributed by atoms with Crippen LogP contribution in [-0.2, 0) is 10.8 Å². The molecule has 0 aliphatic carbocycles. The van der Waals surface area contributed by atoms with Crippen LogP contribution in [-0.4, -0.2) is 33.8 Å². The second-order valence-electron chi connectivity index (χ2n) is 4.58. The number of hydrogen-bond acceptors (Lipinski definition) is 4. The molecule has 0 radical (unpaired) electrons. The maximum Gasteiger partial charge on any atom is 0.0741 e. The molecule has 0 spiro atoms. The largest absolute Gasteiger partial charge is 0.396 e. The summed E-state index contributed by atoms with van der Waals surface area (Å²) < 4.78 is 11.4. The quantitative estimate of drug-likeness (QED) is 0.905. The van der Waals surface area contributed by atoms with Gasteiger partial charge in [0.05, 0.1) is 17.6 Å². The first-order chi connectivity index (χ1) is 9.09. The minimum atomic E-state index is -0.704. The maximum atomic E-state index is 11.4. The standard InChI is InChI=1S/C12H19N3OS.C2H6/c1-9-7-14-8-11(13)12(9)15-5-3-10(4-6-15)17(2)16;1-2/h7-8,10H,3-6,13H2,1-2H3;1-2H3. The number of aromatic nitrogens is 1. The van der Waals surface area contributed by atoms with Gasteiger partial charge in [-0.25, -0.2) is 0 Å². The molecule has 1 fully saturated rings. The van der Waals surface area contributed by atoms with Gasteiger partial charge in [-0.15, -0.1) is 0 Å². The number of nitrogens with two attached hydrogens (primary N) is 1.